The van der Waals surface area contributed by atoms with E-state index in [1.807, 2.05) is 47.4 Å². The zero-order valence-corrected chi connectivity index (χ0v) is 16.5. The van der Waals surface area contributed by atoms with Crippen molar-refractivity contribution in [2.45, 2.75) is 5.32 Å². The number of fused-ring (bicyclic) bond motifs is 1. The van der Waals surface area contributed by atoms with Gasteiger partial charge in [0.2, 0.25) is 6.79 Å². The minimum absolute atomic E-state index is 0.0312. The molecule has 0 aliphatic carbocycles. The molecular weight excluding hydrogens is 409 g/mol. The van der Waals surface area contributed by atoms with E-state index in [1.165, 1.54) is 0 Å². The van der Waals surface area contributed by atoms with Crippen LogP contribution in [0.3, 0.4) is 0 Å². The van der Waals surface area contributed by atoms with E-state index < -0.39 is 0 Å². The molecule has 1 fully saturated rings. The summed E-state index contributed by atoms with van der Waals surface area (Å²) < 4.78 is 10.8. The molecule has 0 radical (unpaired) electrons. The second-order valence-corrected chi connectivity index (χ2v) is 7.99. The third-order valence-electron chi connectivity index (χ3n) is 4.79. The molecule has 0 aromatic heterocycles. The summed E-state index contributed by atoms with van der Waals surface area (Å²) >= 11 is -0.0312. The Balaban J connectivity index is 1.36. The molecule has 2 aliphatic heterocycles. The van der Waals surface area contributed by atoms with Crippen LogP contribution >= 0.6 is 0 Å². The predicted octanol–water partition coefficient (Wildman–Crippen LogP) is 2.06. The van der Waals surface area contributed by atoms with E-state index in [0.717, 1.165) is 41.2 Å². The van der Waals surface area contributed by atoms with Crippen LogP contribution in [0.2, 0.25) is 0 Å². The fourth-order valence-electron chi connectivity index (χ4n) is 3.29. The standard InChI is InChI=1S/C20H19N3O3Se/c21-13-27-12-15-1-3-16(4-2-15)20(24)23-9-7-22(8-10-23)17-5-6-18-19(11-17)26-14-25-18/h1-6,11H,7-10,12,14H2. The van der Waals surface area contributed by atoms with E-state index in [0.29, 0.717) is 18.7 Å². The van der Waals surface area contributed by atoms with Crippen molar-refractivity contribution in [1.82, 2.24) is 4.90 Å². The van der Waals surface area contributed by atoms with Crippen molar-refractivity contribution in [1.29, 1.82) is 5.26 Å². The number of hydrogen-bond acceptors (Lipinski definition) is 5. The molecule has 1 amide bonds. The van der Waals surface area contributed by atoms with Crippen molar-refractivity contribution in [3.8, 4) is 16.5 Å². The number of amides is 1. The fraction of sp³-hybridized carbons (Fsp3) is 0.300. The van der Waals surface area contributed by atoms with Crippen molar-refractivity contribution >= 4 is 26.6 Å². The van der Waals surface area contributed by atoms with E-state index in [4.69, 9.17) is 14.7 Å². The first-order valence-electron chi connectivity index (χ1n) is 8.78. The van der Waals surface area contributed by atoms with Crippen LogP contribution in [-0.2, 0) is 5.32 Å². The number of piperazine rings is 1. The van der Waals surface area contributed by atoms with Crippen LogP contribution in [0.15, 0.2) is 42.5 Å². The number of nitriles is 1. The van der Waals surface area contributed by atoms with E-state index >= 15 is 0 Å². The summed E-state index contributed by atoms with van der Waals surface area (Å²) in [6, 6.07) is 13.6. The monoisotopic (exact) mass is 429 g/mol. The number of rotatable bonds is 4. The van der Waals surface area contributed by atoms with Gasteiger partial charge in [0, 0.05) is 0 Å². The summed E-state index contributed by atoms with van der Waals surface area (Å²) in [5.74, 6) is 1.63. The van der Waals surface area contributed by atoms with Gasteiger partial charge in [-0.25, -0.2) is 0 Å². The number of ether oxygens (including phenoxy) is 2. The number of anilines is 1. The first-order chi connectivity index (χ1) is 13.2. The van der Waals surface area contributed by atoms with Crippen LogP contribution < -0.4 is 14.4 Å². The summed E-state index contributed by atoms with van der Waals surface area (Å²) in [5, 5.41) is 9.47. The van der Waals surface area contributed by atoms with Gasteiger partial charge in [-0.05, 0) is 6.07 Å². The molecule has 1 saturated heterocycles. The van der Waals surface area contributed by atoms with E-state index in [2.05, 4.69) is 9.87 Å². The van der Waals surface area contributed by atoms with Gasteiger partial charge in [-0.3, -0.25) is 0 Å². The van der Waals surface area contributed by atoms with Gasteiger partial charge in [0.15, 0.2) is 11.5 Å². The van der Waals surface area contributed by atoms with Crippen molar-refractivity contribution in [2.75, 3.05) is 37.9 Å². The average molecular weight is 428 g/mol. The molecule has 2 aliphatic rings. The van der Waals surface area contributed by atoms with Crippen molar-refractivity contribution in [3.05, 3.63) is 53.6 Å². The van der Waals surface area contributed by atoms with Crippen LogP contribution in [0.5, 0.6) is 11.5 Å². The van der Waals surface area contributed by atoms with Gasteiger partial charge >= 0.3 is 130 Å². The first-order valence-corrected chi connectivity index (χ1v) is 10.8. The third kappa shape index (κ3) is 3.87. The summed E-state index contributed by atoms with van der Waals surface area (Å²) in [6.07, 6.45) is 0. The summed E-state index contributed by atoms with van der Waals surface area (Å²) in [7, 11) is 0. The maximum absolute atomic E-state index is 12.7. The Hall–Kier alpha value is -2.68. The Morgan fingerprint density at radius 2 is 1.78 bits per heavy atom. The molecule has 0 N–H and O–H groups in total. The Morgan fingerprint density at radius 3 is 2.52 bits per heavy atom. The quantitative estimate of drug-likeness (QED) is 0.698. The first kappa shape index (κ1) is 17.7. The molecule has 7 heteroatoms. The number of hydrogen-bond donors (Lipinski definition) is 0. The van der Waals surface area contributed by atoms with Crippen molar-refractivity contribution < 1.29 is 14.3 Å². The Kier molecular flexibility index (Phi) is 5.19. The molecule has 4 rings (SSSR count). The molecule has 2 heterocycles. The van der Waals surface area contributed by atoms with Gasteiger partial charge in [0.1, 0.15) is 0 Å². The summed E-state index contributed by atoms with van der Waals surface area (Å²) in [4.78, 5) is 19.1. The fourth-order valence-corrected chi connectivity index (χ4v) is 4.18. The van der Waals surface area contributed by atoms with Gasteiger partial charge in [-0.1, -0.05) is 0 Å². The third-order valence-corrected chi connectivity index (χ3v) is 6.07. The molecule has 0 unspecified atom stereocenters. The topological polar surface area (TPSA) is 65.8 Å². The number of nitrogens with zero attached hydrogens (tertiary/aromatic N) is 3. The molecule has 0 bridgehead atoms. The van der Waals surface area contributed by atoms with Crippen LogP contribution in [0.1, 0.15) is 15.9 Å². The summed E-state index contributed by atoms with van der Waals surface area (Å²) in [5.41, 5.74) is 2.91. The van der Waals surface area contributed by atoms with Gasteiger partial charge in [0.25, 0.3) is 0 Å². The van der Waals surface area contributed by atoms with Gasteiger partial charge < -0.3 is 9.47 Å². The summed E-state index contributed by atoms with van der Waals surface area (Å²) in [6.45, 7) is 3.22. The molecule has 2 aromatic carbocycles. The molecular formula is C20H19N3O3Se. The van der Waals surface area contributed by atoms with Gasteiger partial charge in [-0.2, -0.15) is 0 Å². The van der Waals surface area contributed by atoms with E-state index in [1.54, 1.807) is 0 Å². The van der Waals surface area contributed by atoms with Crippen LogP contribution in [0.4, 0.5) is 5.69 Å². The number of carbonyl (C=O) groups excluding carboxylic acids is 1. The average Bonchev–Trinajstić information content (AvgIpc) is 3.20. The Labute approximate surface area is 164 Å². The zero-order valence-electron chi connectivity index (χ0n) is 14.8. The molecule has 0 atom stereocenters. The molecule has 0 spiro atoms. The number of benzene rings is 2. The van der Waals surface area contributed by atoms with E-state index in [-0.39, 0.29) is 27.7 Å². The second kappa shape index (κ2) is 7.91. The molecule has 0 saturated carbocycles. The van der Waals surface area contributed by atoms with Crippen LogP contribution in [0, 0.1) is 10.2 Å². The maximum atomic E-state index is 12.7. The number of carbonyl (C=O) groups is 1. The van der Waals surface area contributed by atoms with Crippen LogP contribution in [0.25, 0.3) is 0 Å². The van der Waals surface area contributed by atoms with Crippen LogP contribution in [-0.4, -0.2) is 58.7 Å². The van der Waals surface area contributed by atoms with Gasteiger partial charge in [0.05, 0.1) is 0 Å². The molecule has 27 heavy (non-hydrogen) atoms. The van der Waals surface area contributed by atoms with E-state index in [9.17, 15) is 4.79 Å². The predicted molar refractivity (Wildman–Crippen MR) is 102 cm³/mol. The Morgan fingerprint density at radius 1 is 1.04 bits per heavy atom. The van der Waals surface area contributed by atoms with Gasteiger partial charge in [-0.15, -0.1) is 0 Å². The SMILES string of the molecule is N#C[Se]Cc1ccc(C(=O)N2CCN(c3ccc4c(c3)OCO4)CC2)cc1. The normalized spacial score (nSPS) is 15.5. The van der Waals surface area contributed by atoms with Crippen molar-refractivity contribution in [2.24, 2.45) is 0 Å². The molecule has 6 nitrogen and oxygen atoms in total. The minimum atomic E-state index is -0.0312. The molecule has 138 valence electrons. The van der Waals surface area contributed by atoms with Crippen molar-refractivity contribution in [3.63, 3.8) is 0 Å². The zero-order chi connectivity index (χ0) is 18.6. The molecule has 2 aromatic rings. The second-order valence-electron chi connectivity index (χ2n) is 6.39. The Bertz CT molecular complexity index is 871.